The number of halogens is 1. The number of rotatable bonds is 3. The molecule has 0 saturated carbocycles. The zero-order chi connectivity index (χ0) is 17.4. The van der Waals surface area contributed by atoms with Crippen molar-refractivity contribution in [3.8, 4) is 0 Å². The quantitative estimate of drug-likeness (QED) is 0.779. The molecule has 2 rings (SSSR count). The van der Waals surface area contributed by atoms with Gasteiger partial charge < -0.3 is 16.0 Å². The highest BCUT2D eigenvalue weighted by Gasteiger charge is 2.20. The first-order valence-corrected chi connectivity index (χ1v) is 8.65. The molecule has 2 atom stereocenters. The van der Waals surface area contributed by atoms with Crippen LogP contribution in [0.4, 0.5) is 0 Å². The summed E-state index contributed by atoms with van der Waals surface area (Å²) in [5.74, 6) is -0.195. The van der Waals surface area contributed by atoms with Gasteiger partial charge in [-0.2, -0.15) is 0 Å². The predicted molar refractivity (Wildman–Crippen MR) is 95.9 cm³/mol. The van der Waals surface area contributed by atoms with Crippen LogP contribution >= 0.6 is 11.6 Å². The first kappa shape index (κ1) is 18.5. The van der Waals surface area contributed by atoms with Gasteiger partial charge in [-0.05, 0) is 44.4 Å². The summed E-state index contributed by atoms with van der Waals surface area (Å²) in [4.78, 5) is 24.3. The van der Waals surface area contributed by atoms with Crippen LogP contribution in [0.2, 0.25) is 5.02 Å². The Morgan fingerprint density at radius 3 is 2.79 bits per heavy atom. The highest BCUT2D eigenvalue weighted by atomic mass is 35.5. The molecule has 24 heavy (non-hydrogen) atoms. The highest BCUT2D eigenvalue weighted by Crippen LogP contribution is 2.17. The van der Waals surface area contributed by atoms with Gasteiger partial charge in [-0.3, -0.25) is 9.59 Å². The monoisotopic (exact) mass is 349 g/mol. The zero-order valence-corrected chi connectivity index (χ0v) is 14.6. The molecule has 1 aliphatic rings. The summed E-state index contributed by atoms with van der Waals surface area (Å²) >= 11 is 6.22. The van der Waals surface area contributed by atoms with Crippen molar-refractivity contribution in [1.82, 2.24) is 16.0 Å². The van der Waals surface area contributed by atoms with E-state index in [1.165, 1.54) is 6.08 Å². The largest absolute Gasteiger partial charge is 0.353 e. The van der Waals surface area contributed by atoms with E-state index in [1.54, 1.807) is 13.1 Å². The van der Waals surface area contributed by atoms with Gasteiger partial charge in [0.15, 0.2) is 0 Å². The van der Waals surface area contributed by atoms with E-state index in [-0.39, 0.29) is 23.9 Å². The topological polar surface area (TPSA) is 70.2 Å². The van der Waals surface area contributed by atoms with E-state index in [9.17, 15) is 9.59 Å². The highest BCUT2D eigenvalue weighted by molar-refractivity contribution is 6.31. The molecular weight excluding hydrogens is 326 g/mol. The van der Waals surface area contributed by atoms with Gasteiger partial charge in [0.05, 0.1) is 12.1 Å². The van der Waals surface area contributed by atoms with E-state index in [0.29, 0.717) is 18.0 Å². The standard InChI is InChI=1S/C18H24ClN3O2/c1-20-16-8-4-5-11-21-17(23)10-9-14(22-18(16)24)12-13-6-2-3-7-15(13)19/h2-3,6-7,9-10,14,16,20H,4-5,8,11-12H2,1H3,(H,21,23)(H,22,24)/b10-9+/t14-,16+/m1/s1. The van der Waals surface area contributed by atoms with Gasteiger partial charge in [0.2, 0.25) is 11.8 Å². The maximum Gasteiger partial charge on any atom is 0.243 e. The molecule has 1 aliphatic heterocycles. The van der Waals surface area contributed by atoms with Crippen molar-refractivity contribution in [2.75, 3.05) is 13.6 Å². The molecule has 1 aromatic carbocycles. The molecule has 130 valence electrons. The number of benzene rings is 1. The third-order valence-electron chi connectivity index (χ3n) is 4.09. The van der Waals surface area contributed by atoms with Gasteiger partial charge in [-0.1, -0.05) is 35.9 Å². The van der Waals surface area contributed by atoms with Crippen LogP contribution in [0.15, 0.2) is 36.4 Å². The lowest BCUT2D eigenvalue weighted by Gasteiger charge is -2.21. The van der Waals surface area contributed by atoms with Crippen LogP contribution in [0.5, 0.6) is 0 Å². The summed E-state index contributed by atoms with van der Waals surface area (Å²) in [6.45, 7) is 0.621. The molecule has 5 nitrogen and oxygen atoms in total. The number of likely N-dealkylation sites (N-methyl/N-ethyl adjacent to an activating group) is 1. The van der Waals surface area contributed by atoms with Gasteiger partial charge in [-0.25, -0.2) is 0 Å². The fourth-order valence-corrected chi connectivity index (χ4v) is 2.92. The van der Waals surface area contributed by atoms with Gasteiger partial charge in [0.25, 0.3) is 0 Å². The number of carbonyl (C=O) groups is 2. The molecular formula is C18H24ClN3O2. The Balaban J connectivity index is 2.17. The lowest BCUT2D eigenvalue weighted by atomic mass is 10.0. The molecule has 2 amide bonds. The molecule has 0 bridgehead atoms. The summed E-state index contributed by atoms with van der Waals surface area (Å²) in [5, 5.41) is 9.57. The second-order valence-corrected chi connectivity index (χ2v) is 6.31. The molecule has 0 saturated heterocycles. The Morgan fingerprint density at radius 2 is 2.04 bits per heavy atom. The summed E-state index contributed by atoms with van der Waals surface area (Å²) in [6.07, 6.45) is 6.21. The normalized spacial score (nSPS) is 24.2. The fraction of sp³-hybridized carbons (Fsp3) is 0.444. The van der Waals surface area contributed by atoms with Gasteiger partial charge in [0, 0.05) is 17.6 Å². The molecule has 0 unspecified atom stereocenters. The van der Waals surface area contributed by atoms with Crippen molar-refractivity contribution >= 4 is 23.4 Å². The van der Waals surface area contributed by atoms with E-state index in [0.717, 1.165) is 24.8 Å². The van der Waals surface area contributed by atoms with Crippen molar-refractivity contribution in [2.45, 2.75) is 37.8 Å². The van der Waals surface area contributed by atoms with Crippen molar-refractivity contribution in [3.05, 3.63) is 47.0 Å². The lowest BCUT2D eigenvalue weighted by molar-refractivity contribution is -0.123. The Kier molecular flexibility index (Phi) is 7.28. The molecule has 3 N–H and O–H groups in total. The Morgan fingerprint density at radius 1 is 1.25 bits per heavy atom. The molecule has 0 radical (unpaired) electrons. The predicted octanol–water partition coefficient (Wildman–Crippen LogP) is 1.81. The minimum atomic E-state index is -0.293. The Bertz CT molecular complexity index is 604. The van der Waals surface area contributed by atoms with Gasteiger partial charge >= 0.3 is 0 Å². The van der Waals surface area contributed by atoms with Crippen molar-refractivity contribution < 1.29 is 9.59 Å². The summed E-state index contributed by atoms with van der Waals surface area (Å²) in [5.41, 5.74) is 0.933. The van der Waals surface area contributed by atoms with Crippen molar-refractivity contribution in [3.63, 3.8) is 0 Å². The summed E-state index contributed by atoms with van der Waals surface area (Å²) in [6, 6.07) is 6.99. The van der Waals surface area contributed by atoms with Gasteiger partial charge in [-0.15, -0.1) is 0 Å². The van der Waals surface area contributed by atoms with Crippen LogP contribution in [0, 0.1) is 0 Å². The molecule has 1 heterocycles. The maximum atomic E-state index is 12.5. The number of hydrogen-bond acceptors (Lipinski definition) is 3. The summed E-state index contributed by atoms with van der Waals surface area (Å²) in [7, 11) is 1.79. The van der Waals surface area contributed by atoms with Crippen molar-refractivity contribution in [1.29, 1.82) is 0 Å². The van der Waals surface area contributed by atoms with E-state index >= 15 is 0 Å². The van der Waals surface area contributed by atoms with Crippen LogP contribution in [0.1, 0.15) is 24.8 Å². The van der Waals surface area contributed by atoms with E-state index in [2.05, 4.69) is 16.0 Å². The van der Waals surface area contributed by atoms with E-state index < -0.39 is 0 Å². The first-order chi connectivity index (χ1) is 11.6. The SMILES string of the molecule is CN[C@H]1CCCCNC(=O)/C=C/[C@H](Cc2ccccc2Cl)NC1=O. The third-order valence-corrected chi connectivity index (χ3v) is 4.46. The van der Waals surface area contributed by atoms with Crippen molar-refractivity contribution in [2.24, 2.45) is 0 Å². The van der Waals surface area contributed by atoms with E-state index in [4.69, 9.17) is 11.6 Å². The van der Waals surface area contributed by atoms with Crippen LogP contribution in [0.3, 0.4) is 0 Å². The van der Waals surface area contributed by atoms with Crippen LogP contribution in [0.25, 0.3) is 0 Å². The Labute approximate surface area is 147 Å². The number of carbonyl (C=O) groups excluding carboxylic acids is 2. The minimum absolute atomic E-state index is 0.0554. The van der Waals surface area contributed by atoms with Gasteiger partial charge in [0.1, 0.15) is 0 Å². The average molecular weight is 350 g/mol. The molecule has 6 heteroatoms. The zero-order valence-electron chi connectivity index (χ0n) is 13.8. The lowest BCUT2D eigenvalue weighted by Crippen LogP contribution is -2.47. The molecule has 0 aromatic heterocycles. The maximum absolute atomic E-state index is 12.5. The van der Waals surface area contributed by atoms with Crippen LogP contribution in [-0.2, 0) is 16.0 Å². The van der Waals surface area contributed by atoms with Crippen LogP contribution in [-0.4, -0.2) is 37.5 Å². The first-order valence-electron chi connectivity index (χ1n) is 8.27. The number of amides is 2. The summed E-state index contributed by atoms with van der Waals surface area (Å²) < 4.78 is 0. The second-order valence-electron chi connectivity index (χ2n) is 5.90. The van der Waals surface area contributed by atoms with E-state index in [1.807, 2.05) is 24.3 Å². The van der Waals surface area contributed by atoms with Crippen LogP contribution < -0.4 is 16.0 Å². The average Bonchev–Trinajstić information content (AvgIpc) is 2.56. The molecule has 0 aliphatic carbocycles. The fourth-order valence-electron chi connectivity index (χ4n) is 2.71. The number of hydrogen-bond donors (Lipinski definition) is 3. The molecule has 0 fully saturated rings. The molecule has 1 aromatic rings. The second kappa shape index (κ2) is 9.45. The third kappa shape index (κ3) is 5.65. The number of nitrogens with one attached hydrogen (secondary N) is 3. The molecule has 0 spiro atoms. The Hall–Kier alpha value is -1.85. The minimum Gasteiger partial charge on any atom is -0.353 e. The smallest absolute Gasteiger partial charge is 0.243 e.